The molecule has 1 atom stereocenters. The average Bonchev–Trinajstić information content (AvgIpc) is 3.16. The largest absolute Gasteiger partial charge is 0.497 e. The molecule has 0 saturated carbocycles. The number of methoxy groups -OCH3 is 1. The fourth-order valence-corrected chi connectivity index (χ4v) is 3.88. The molecular formula is C28H39N3O4. The molecule has 7 nitrogen and oxygen atoms in total. The molecule has 35 heavy (non-hydrogen) atoms. The van der Waals surface area contributed by atoms with Crippen molar-refractivity contribution in [2.45, 2.75) is 52.3 Å². The highest BCUT2D eigenvalue weighted by Gasteiger charge is 2.24. The minimum atomic E-state index is -0.575. The van der Waals surface area contributed by atoms with Gasteiger partial charge in [-0.1, -0.05) is 49.7 Å². The summed E-state index contributed by atoms with van der Waals surface area (Å²) in [5.74, 6) is 2.06. The molecule has 7 heteroatoms. The lowest BCUT2D eigenvalue weighted by Gasteiger charge is -2.29. The Kier molecular flexibility index (Phi) is 10.1. The van der Waals surface area contributed by atoms with Crippen molar-refractivity contribution in [1.29, 1.82) is 0 Å². The van der Waals surface area contributed by atoms with Gasteiger partial charge in [0.1, 0.15) is 17.2 Å². The fourth-order valence-electron chi connectivity index (χ4n) is 3.88. The SMILES string of the molecule is CCCCOC[C@@H](O)CN(Cc1c(-c2ccccc2)nn(C)c1Oc1cccc(OC)c1)C(C)C. The molecule has 2 aromatic carbocycles. The molecule has 1 aromatic heterocycles. The van der Waals surface area contributed by atoms with E-state index in [0.29, 0.717) is 37.9 Å². The lowest BCUT2D eigenvalue weighted by atomic mass is 10.1. The highest BCUT2D eigenvalue weighted by molar-refractivity contribution is 5.65. The number of aryl methyl sites for hydroxylation is 1. The molecule has 0 radical (unpaired) electrons. The van der Waals surface area contributed by atoms with Crippen LogP contribution < -0.4 is 9.47 Å². The van der Waals surface area contributed by atoms with Crippen LogP contribution in [0.3, 0.4) is 0 Å². The average molecular weight is 482 g/mol. The number of unbranched alkanes of at least 4 members (excludes halogenated alkanes) is 1. The van der Waals surface area contributed by atoms with Crippen LogP contribution >= 0.6 is 0 Å². The zero-order valence-corrected chi connectivity index (χ0v) is 21.6. The predicted octanol–water partition coefficient (Wildman–Crippen LogP) is 5.28. The Morgan fingerprint density at radius 2 is 1.80 bits per heavy atom. The molecule has 0 fully saturated rings. The Hall–Kier alpha value is -2.87. The van der Waals surface area contributed by atoms with E-state index < -0.39 is 6.10 Å². The van der Waals surface area contributed by atoms with E-state index in [2.05, 4.69) is 37.8 Å². The summed E-state index contributed by atoms with van der Waals surface area (Å²) < 4.78 is 19.2. The van der Waals surface area contributed by atoms with Crippen molar-refractivity contribution in [1.82, 2.24) is 14.7 Å². The van der Waals surface area contributed by atoms with E-state index in [1.54, 1.807) is 11.8 Å². The summed E-state index contributed by atoms with van der Waals surface area (Å²) in [6.45, 7) is 8.46. The number of rotatable bonds is 14. The zero-order valence-electron chi connectivity index (χ0n) is 21.6. The molecule has 3 aromatic rings. The summed E-state index contributed by atoms with van der Waals surface area (Å²) in [6, 6.07) is 17.9. The Morgan fingerprint density at radius 3 is 2.49 bits per heavy atom. The number of hydrogen-bond acceptors (Lipinski definition) is 6. The van der Waals surface area contributed by atoms with E-state index in [0.717, 1.165) is 35.4 Å². The highest BCUT2D eigenvalue weighted by Crippen LogP contribution is 2.35. The first-order valence-corrected chi connectivity index (χ1v) is 12.4. The first-order chi connectivity index (χ1) is 16.9. The number of aromatic nitrogens is 2. The molecule has 0 aliphatic rings. The minimum Gasteiger partial charge on any atom is -0.497 e. The van der Waals surface area contributed by atoms with Crippen molar-refractivity contribution in [3.8, 4) is 28.6 Å². The number of aliphatic hydroxyl groups is 1. The standard InChI is InChI=1S/C28H39N3O4/c1-6-7-16-34-20-23(32)18-31(21(2)3)19-26-27(22-12-9-8-10-13-22)29-30(4)28(26)35-25-15-11-14-24(17-25)33-5/h8-15,17,21,23,32H,6-7,16,18-20H2,1-5H3/t23-/m0/s1. The molecule has 1 N–H and O–H groups in total. The van der Waals surface area contributed by atoms with E-state index in [1.807, 2.05) is 49.5 Å². The monoisotopic (exact) mass is 481 g/mol. The minimum absolute atomic E-state index is 0.203. The van der Waals surface area contributed by atoms with Gasteiger partial charge in [0.2, 0.25) is 5.88 Å². The Morgan fingerprint density at radius 1 is 1.06 bits per heavy atom. The van der Waals surface area contributed by atoms with Crippen LogP contribution in [-0.4, -0.2) is 58.8 Å². The van der Waals surface area contributed by atoms with Crippen LogP contribution in [-0.2, 0) is 18.3 Å². The van der Waals surface area contributed by atoms with Crippen molar-refractivity contribution in [3.05, 3.63) is 60.2 Å². The maximum absolute atomic E-state index is 10.7. The first-order valence-electron chi connectivity index (χ1n) is 12.4. The van der Waals surface area contributed by atoms with Crippen LogP contribution in [0.4, 0.5) is 0 Å². The molecule has 0 aliphatic carbocycles. The number of benzene rings is 2. The summed E-state index contributed by atoms with van der Waals surface area (Å²) in [5.41, 5.74) is 2.85. The summed E-state index contributed by atoms with van der Waals surface area (Å²) in [4.78, 5) is 2.23. The molecule has 0 aliphatic heterocycles. The van der Waals surface area contributed by atoms with Gasteiger partial charge < -0.3 is 19.3 Å². The maximum atomic E-state index is 10.7. The number of ether oxygens (including phenoxy) is 3. The molecule has 0 amide bonds. The van der Waals surface area contributed by atoms with Crippen molar-refractivity contribution in [2.75, 3.05) is 26.9 Å². The van der Waals surface area contributed by atoms with Crippen LogP contribution in [0.15, 0.2) is 54.6 Å². The molecular weight excluding hydrogens is 442 g/mol. The predicted molar refractivity (Wildman–Crippen MR) is 139 cm³/mol. The summed E-state index contributed by atoms with van der Waals surface area (Å²) in [7, 11) is 3.53. The van der Waals surface area contributed by atoms with Crippen LogP contribution in [0, 0.1) is 0 Å². The summed E-state index contributed by atoms with van der Waals surface area (Å²) >= 11 is 0. The van der Waals surface area contributed by atoms with Crippen molar-refractivity contribution < 1.29 is 19.3 Å². The molecule has 3 rings (SSSR count). The van der Waals surface area contributed by atoms with Gasteiger partial charge in [0.05, 0.1) is 25.4 Å². The summed E-state index contributed by atoms with van der Waals surface area (Å²) in [6.07, 6.45) is 1.50. The van der Waals surface area contributed by atoms with Crippen LogP contribution in [0.25, 0.3) is 11.3 Å². The number of hydrogen-bond donors (Lipinski definition) is 1. The van der Waals surface area contributed by atoms with E-state index in [4.69, 9.17) is 19.3 Å². The Labute approximate surface area is 209 Å². The normalized spacial score (nSPS) is 12.3. The molecule has 0 unspecified atom stereocenters. The van der Waals surface area contributed by atoms with Gasteiger partial charge in [0, 0.05) is 44.4 Å². The van der Waals surface area contributed by atoms with Crippen LogP contribution in [0.1, 0.15) is 39.2 Å². The second kappa shape index (κ2) is 13.3. The fraction of sp³-hybridized carbons (Fsp3) is 0.464. The van der Waals surface area contributed by atoms with Gasteiger partial charge in [-0.05, 0) is 32.4 Å². The van der Waals surface area contributed by atoms with Gasteiger partial charge in [-0.25, -0.2) is 4.68 Å². The van der Waals surface area contributed by atoms with Crippen molar-refractivity contribution >= 4 is 0 Å². The Balaban J connectivity index is 1.90. The third-order valence-electron chi connectivity index (χ3n) is 5.88. The van der Waals surface area contributed by atoms with Crippen molar-refractivity contribution in [3.63, 3.8) is 0 Å². The van der Waals surface area contributed by atoms with E-state index >= 15 is 0 Å². The molecule has 190 valence electrons. The molecule has 1 heterocycles. The van der Waals surface area contributed by atoms with Crippen LogP contribution in [0.5, 0.6) is 17.4 Å². The first kappa shape index (κ1) is 26.7. The lowest BCUT2D eigenvalue weighted by molar-refractivity contribution is 0.00848. The second-order valence-electron chi connectivity index (χ2n) is 9.01. The number of nitrogens with zero attached hydrogens (tertiary/aromatic N) is 3. The second-order valence-corrected chi connectivity index (χ2v) is 9.01. The van der Waals surface area contributed by atoms with Gasteiger partial charge in [0.25, 0.3) is 0 Å². The lowest BCUT2D eigenvalue weighted by Crippen LogP contribution is -2.39. The van der Waals surface area contributed by atoms with Gasteiger partial charge in [-0.3, -0.25) is 4.90 Å². The quantitative estimate of drug-likeness (QED) is 0.316. The van der Waals surface area contributed by atoms with Gasteiger partial charge in [-0.2, -0.15) is 5.10 Å². The van der Waals surface area contributed by atoms with Crippen LogP contribution in [0.2, 0.25) is 0 Å². The van der Waals surface area contributed by atoms with Gasteiger partial charge >= 0.3 is 0 Å². The van der Waals surface area contributed by atoms with E-state index in [-0.39, 0.29) is 6.04 Å². The third-order valence-corrected chi connectivity index (χ3v) is 5.88. The topological polar surface area (TPSA) is 69.0 Å². The Bertz CT molecular complexity index is 1040. The van der Waals surface area contributed by atoms with E-state index in [9.17, 15) is 5.11 Å². The summed E-state index contributed by atoms with van der Waals surface area (Å²) in [5, 5.41) is 15.5. The van der Waals surface area contributed by atoms with Crippen molar-refractivity contribution in [2.24, 2.45) is 7.05 Å². The molecule has 0 bridgehead atoms. The third kappa shape index (κ3) is 7.56. The smallest absolute Gasteiger partial charge is 0.222 e. The highest BCUT2D eigenvalue weighted by atomic mass is 16.5. The van der Waals surface area contributed by atoms with Gasteiger partial charge in [-0.15, -0.1) is 0 Å². The zero-order chi connectivity index (χ0) is 25.2. The molecule has 0 spiro atoms. The number of aliphatic hydroxyl groups excluding tert-OH is 1. The molecule has 0 saturated heterocycles. The van der Waals surface area contributed by atoms with E-state index in [1.165, 1.54) is 0 Å². The maximum Gasteiger partial charge on any atom is 0.222 e. The van der Waals surface area contributed by atoms with Gasteiger partial charge in [0.15, 0.2) is 0 Å².